The molecule has 0 saturated carbocycles. The number of thiazole rings is 1. The highest BCUT2D eigenvalue weighted by Gasteiger charge is 2.14. The highest BCUT2D eigenvalue weighted by Crippen LogP contribution is 2.21. The summed E-state index contributed by atoms with van der Waals surface area (Å²) in [6.07, 6.45) is 1.93. The number of aromatic nitrogens is 1. The molecule has 2 aromatic rings. The molecule has 2 rings (SSSR count). The lowest BCUT2D eigenvalue weighted by molar-refractivity contribution is -0.132. The van der Waals surface area contributed by atoms with Crippen LogP contribution in [0, 0.1) is 11.8 Å². The highest BCUT2D eigenvalue weighted by atomic mass is 32.1. The van der Waals surface area contributed by atoms with Gasteiger partial charge in [0.05, 0.1) is 11.1 Å². The molecule has 140 valence electrons. The molecule has 0 spiro atoms. The van der Waals surface area contributed by atoms with E-state index in [1.165, 1.54) is 11.3 Å². The molecule has 1 N–H and O–H groups in total. The number of likely N-dealkylation sites (N-methyl/N-ethyl adjacent to an activating group) is 1. The predicted molar refractivity (Wildman–Crippen MR) is 111 cm³/mol. The standard InChI is InChI=1S/C22H24N2O2S/c1-15(2)24(5)21(17(4)22(25)26)12-16(3)19-9-6-18(7-10-19)8-11-20-13-27-14-23-20/h6-7,9-10,12-15H,1-5H3,(H,25,26)/b16-12+,21-17-. The van der Waals surface area contributed by atoms with Crippen molar-refractivity contribution in [3.8, 4) is 11.8 Å². The first-order chi connectivity index (χ1) is 12.8. The second kappa shape index (κ2) is 9.20. The fraction of sp³-hybridized carbons (Fsp3) is 0.273. The molecule has 0 saturated heterocycles. The largest absolute Gasteiger partial charge is 0.478 e. The number of hydrogen-bond acceptors (Lipinski definition) is 4. The summed E-state index contributed by atoms with van der Waals surface area (Å²) in [5.41, 5.74) is 6.52. The lowest BCUT2D eigenvalue weighted by Crippen LogP contribution is -2.27. The molecule has 1 aromatic heterocycles. The topological polar surface area (TPSA) is 53.4 Å². The van der Waals surface area contributed by atoms with Gasteiger partial charge in [-0.15, -0.1) is 11.3 Å². The molecule has 0 aliphatic rings. The molecule has 4 nitrogen and oxygen atoms in total. The Kier molecular flexibility index (Phi) is 6.98. The van der Waals surface area contributed by atoms with Gasteiger partial charge in [0.1, 0.15) is 5.69 Å². The molecule has 0 atom stereocenters. The van der Waals surface area contributed by atoms with Crippen LogP contribution in [-0.2, 0) is 4.79 Å². The Labute approximate surface area is 164 Å². The van der Waals surface area contributed by atoms with Crippen LogP contribution in [0.3, 0.4) is 0 Å². The van der Waals surface area contributed by atoms with Crippen molar-refractivity contribution in [1.82, 2.24) is 9.88 Å². The van der Waals surface area contributed by atoms with Gasteiger partial charge < -0.3 is 10.0 Å². The Morgan fingerprint density at radius 3 is 2.41 bits per heavy atom. The molecule has 0 unspecified atom stereocenters. The summed E-state index contributed by atoms with van der Waals surface area (Å²) in [6, 6.07) is 8.12. The average molecular weight is 381 g/mol. The molecular weight excluding hydrogens is 356 g/mol. The van der Waals surface area contributed by atoms with Gasteiger partial charge in [0.25, 0.3) is 0 Å². The first kappa shape index (κ1) is 20.5. The van der Waals surface area contributed by atoms with Gasteiger partial charge in [-0.2, -0.15) is 0 Å². The summed E-state index contributed by atoms with van der Waals surface area (Å²) >= 11 is 1.52. The van der Waals surface area contributed by atoms with E-state index in [2.05, 4.69) is 16.8 Å². The van der Waals surface area contributed by atoms with Crippen molar-refractivity contribution in [1.29, 1.82) is 0 Å². The number of hydrogen-bond donors (Lipinski definition) is 1. The fourth-order valence-corrected chi connectivity index (χ4v) is 2.86. The van der Waals surface area contributed by atoms with Gasteiger partial charge >= 0.3 is 5.97 Å². The molecule has 1 heterocycles. The molecular formula is C22H24N2O2S. The van der Waals surface area contributed by atoms with E-state index in [1.807, 2.05) is 68.4 Å². The summed E-state index contributed by atoms with van der Waals surface area (Å²) < 4.78 is 0. The summed E-state index contributed by atoms with van der Waals surface area (Å²) in [5.74, 6) is 5.22. The van der Waals surface area contributed by atoms with Crippen LogP contribution < -0.4 is 0 Å². The van der Waals surface area contributed by atoms with Crippen molar-refractivity contribution in [2.24, 2.45) is 0 Å². The third kappa shape index (κ3) is 5.57. The summed E-state index contributed by atoms with van der Waals surface area (Å²) in [7, 11) is 1.91. The van der Waals surface area contributed by atoms with Crippen LogP contribution >= 0.6 is 11.3 Å². The number of aliphatic carboxylic acids is 1. The molecule has 0 aliphatic heterocycles. The molecule has 0 bridgehead atoms. The second-order valence-electron chi connectivity index (χ2n) is 6.55. The Balaban J connectivity index is 2.30. The number of allylic oxidation sites excluding steroid dienone is 2. The second-order valence-corrected chi connectivity index (χ2v) is 7.27. The van der Waals surface area contributed by atoms with Crippen molar-refractivity contribution < 1.29 is 9.90 Å². The average Bonchev–Trinajstić information content (AvgIpc) is 3.17. The third-order valence-corrected chi connectivity index (χ3v) is 4.91. The first-order valence-electron chi connectivity index (χ1n) is 8.65. The fourth-order valence-electron chi connectivity index (χ4n) is 2.38. The zero-order valence-corrected chi connectivity index (χ0v) is 17.1. The van der Waals surface area contributed by atoms with E-state index < -0.39 is 5.97 Å². The smallest absolute Gasteiger partial charge is 0.333 e. The Hall–Kier alpha value is -2.84. The van der Waals surface area contributed by atoms with E-state index in [1.54, 1.807) is 12.4 Å². The van der Waals surface area contributed by atoms with E-state index in [0.29, 0.717) is 11.3 Å². The number of rotatable bonds is 5. The predicted octanol–water partition coefficient (Wildman–Crippen LogP) is 4.65. The van der Waals surface area contributed by atoms with Crippen LogP contribution in [0.1, 0.15) is 44.5 Å². The van der Waals surface area contributed by atoms with Crippen molar-refractivity contribution in [3.63, 3.8) is 0 Å². The van der Waals surface area contributed by atoms with Crippen LogP contribution in [0.2, 0.25) is 0 Å². The summed E-state index contributed by atoms with van der Waals surface area (Å²) in [4.78, 5) is 17.6. The number of nitrogens with zero attached hydrogens (tertiary/aromatic N) is 2. The molecule has 0 radical (unpaired) electrons. The van der Waals surface area contributed by atoms with Gasteiger partial charge in [0.2, 0.25) is 0 Å². The van der Waals surface area contributed by atoms with Gasteiger partial charge in [-0.25, -0.2) is 9.78 Å². The lowest BCUT2D eigenvalue weighted by Gasteiger charge is -2.26. The van der Waals surface area contributed by atoms with E-state index in [9.17, 15) is 9.90 Å². The Morgan fingerprint density at radius 2 is 1.89 bits per heavy atom. The summed E-state index contributed by atoms with van der Waals surface area (Å²) in [6.45, 7) is 7.69. The van der Waals surface area contributed by atoms with Crippen LogP contribution in [0.25, 0.3) is 5.57 Å². The van der Waals surface area contributed by atoms with Gasteiger partial charge in [-0.05, 0) is 63.0 Å². The number of carboxylic acids is 1. The van der Waals surface area contributed by atoms with Gasteiger partial charge in [0, 0.05) is 29.7 Å². The maximum atomic E-state index is 11.5. The van der Waals surface area contributed by atoms with Crippen molar-refractivity contribution in [2.45, 2.75) is 33.7 Å². The Morgan fingerprint density at radius 1 is 1.22 bits per heavy atom. The maximum absolute atomic E-state index is 11.5. The van der Waals surface area contributed by atoms with Crippen LogP contribution in [0.4, 0.5) is 0 Å². The first-order valence-corrected chi connectivity index (χ1v) is 9.59. The highest BCUT2D eigenvalue weighted by molar-refractivity contribution is 7.07. The van der Waals surface area contributed by atoms with Crippen molar-refractivity contribution in [2.75, 3.05) is 7.05 Å². The van der Waals surface area contributed by atoms with Gasteiger partial charge in [-0.1, -0.05) is 18.1 Å². The lowest BCUT2D eigenvalue weighted by atomic mass is 10.0. The van der Waals surface area contributed by atoms with E-state index in [4.69, 9.17) is 0 Å². The van der Waals surface area contributed by atoms with Gasteiger partial charge in [-0.3, -0.25) is 0 Å². The van der Waals surface area contributed by atoms with Crippen LogP contribution in [-0.4, -0.2) is 34.0 Å². The molecule has 1 aromatic carbocycles. The minimum absolute atomic E-state index is 0.196. The molecule has 0 aliphatic carbocycles. The SMILES string of the molecule is C/C(C(=O)O)=C(\C=C(/C)c1ccc(C#Cc2cscn2)cc1)N(C)C(C)C. The van der Waals surface area contributed by atoms with Crippen molar-refractivity contribution in [3.05, 3.63) is 69.3 Å². The van der Waals surface area contributed by atoms with Gasteiger partial charge in [0.15, 0.2) is 0 Å². The zero-order chi connectivity index (χ0) is 20.0. The third-order valence-electron chi connectivity index (χ3n) is 4.32. The van der Waals surface area contributed by atoms with E-state index >= 15 is 0 Å². The molecule has 0 amide bonds. The van der Waals surface area contributed by atoms with E-state index in [-0.39, 0.29) is 6.04 Å². The number of benzene rings is 1. The van der Waals surface area contributed by atoms with E-state index in [0.717, 1.165) is 22.4 Å². The monoisotopic (exact) mass is 380 g/mol. The number of carboxylic acid groups (broad SMARTS) is 1. The Bertz CT molecular complexity index is 911. The van der Waals surface area contributed by atoms with Crippen LogP contribution in [0.5, 0.6) is 0 Å². The minimum atomic E-state index is -0.908. The molecule has 0 fully saturated rings. The molecule has 5 heteroatoms. The zero-order valence-electron chi connectivity index (χ0n) is 16.3. The van der Waals surface area contributed by atoms with Crippen LogP contribution in [0.15, 0.2) is 52.5 Å². The minimum Gasteiger partial charge on any atom is -0.478 e. The quantitative estimate of drug-likeness (QED) is 0.466. The van der Waals surface area contributed by atoms with Crippen molar-refractivity contribution >= 4 is 22.9 Å². The number of carbonyl (C=O) groups is 1. The maximum Gasteiger partial charge on any atom is 0.333 e. The summed E-state index contributed by atoms with van der Waals surface area (Å²) in [5, 5.41) is 11.3. The normalized spacial score (nSPS) is 12.3. The molecule has 27 heavy (non-hydrogen) atoms.